The smallest absolute Gasteiger partial charge is 0.0417 e. The zero-order valence-corrected chi connectivity index (χ0v) is 13.2. The van der Waals surface area contributed by atoms with Gasteiger partial charge >= 0.3 is 0 Å². The van der Waals surface area contributed by atoms with Crippen LogP contribution >= 0.6 is 27.5 Å². The van der Waals surface area contributed by atoms with Crippen LogP contribution in [-0.2, 0) is 6.54 Å². The minimum atomic E-state index is 0.690. The Morgan fingerprint density at radius 2 is 2.00 bits per heavy atom. The molecule has 1 aromatic carbocycles. The maximum absolute atomic E-state index is 5.95. The van der Waals surface area contributed by atoms with Crippen molar-refractivity contribution in [3.8, 4) is 0 Å². The van der Waals surface area contributed by atoms with E-state index in [0.29, 0.717) is 6.04 Å². The van der Waals surface area contributed by atoms with Gasteiger partial charge in [0.05, 0.1) is 0 Å². The quantitative estimate of drug-likeness (QED) is 0.804. The zero-order valence-electron chi connectivity index (χ0n) is 10.9. The maximum Gasteiger partial charge on any atom is 0.0417 e. The molecule has 1 fully saturated rings. The van der Waals surface area contributed by atoms with Gasteiger partial charge in [0, 0.05) is 22.1 Å². The maximum atomic E-state index is 5.95. The molecule has 0 heterocycles. The highest BCUT2D eigenvalue weighted by molar-refractivity contribution is 9.10. The molecular formula is C15H21BrClN. The van der Waals surface area contributed by atoms with Crippen molar-refractivity contribution in [2.75, 3.05) is 0 Å². The first-order chi connectivity index (χ1) is 8.69. The molecule has 18 heavy (non-hydrogen) atoms. The van der Waals surface area contributed by atoms with Gasteiger partial charge < -0.3 is 5.32 Å². The Morgan fingerprint density at radius 3 is 2.61 bits per heavy atom. The van der Waals surface area contributed by atoms with Crippen LogP contribution in [0.15, 0.2) is 22.7 Å². The summed E-state index contributed by atoms with van der Waals surface area (Å²) in [6.07, 6.45) is 6.76. The molecule has 0 aliphatic heterocycles. The van der Waals surface area contributed by atoms with Crippen LogP contribution in [0.2, 0.25) is 5.02 Å². The van der Waals surface area contributed by atoms with E-state index >= 15 is 0 Å². The fourth-order valence-electron chi connectivity index (χ4n) is 2.69. The van der Waals surface area contributed by atoms with Gasteiger partial charge in [-0.2, -0.15) is 0 Å². The molecule has 2 rings (SSSR count). The second-order valence-electron chi connectivity index (χ2n) is 5.24. The molecule has 1 aromatic rings. The van der Waals surface area contributed by atoms with Crippen LogP contribution in [-0.4, -0.2) is 6.04 Å². The first kappa shape index (κ1) is 14.4. The molecule has 0 atom stereocenters. The summed E-state index contributed by atoms with van der Waals surface area (Å²) in [5, 5.41) is 4.46. The molecule has 1 aliphatic carbocycles. The largest absolute Gasteiger partial charge is 0.310 e. The molecule has 0 bridgehead atoms. The van der Waals surface area contributed by atoms with Gasteiger partial charge in [-0.3, -0.25) is 0 Å². The lowest BCUT2D eigenvalue weighted by Crippen LogP contribution is -2.32. The summed E-state index contributed by atoms with van der Waals surface area (Å²) < 4.78 is 1.10. The summed E-state index contributed by atoms with van der Waals surface area (Å²) in [6, 6.07) is 6.71. The first-order valence-corrected chi connectivity index (χ1v) is 8.03. The monoisotopic (exact) mass is 329 g/mol. The molecule has 1 aliphatic rings. The van der Waals surface area contributed by atoms with Crippen LogP contribution < -0.4 is 5.32 Å². The lowest BCUT2D eigenvalue weighted by Gasteiger charge is -2.28. The van der Waals surface area contributed by atoms with Crippen molar-refractivity contribution in [2.24, 2.45) is 5.92 Å². The third-order valence-corrected chi connectivity index (χ3v) is 4.99. The fourth-order valence-corrected chi connectivity index (χ4v) is 3.52. The Kier molecular flexibility index (Phi) is 5.53. The van der Waals surface area contributed by atoms with Gasteiger partial charge in [0.25, 0.3) is 0 Å². The number of nitrogens with one attached hydrogen (secondary N) is 1. The summed E-state index contributed by atoms with van der Waals surface area (Å²) in [7, 11) is 0. The van der Waals surface area contributed by atoms with E-state index in [0.717, 1.165) is 22.0 Å². The molecule has 100 valence electrons. The lowest BCUT2D eigenvalue weighted by molar-refractivity contribution is 0.285. The van der Waals surface area contributed by atoms with Crippen LogP contribution in [0.3, 0.4) is 0 Å². The van der Waals surface area contributed by atoms with E-state index in [2.05, 4.69) is 34.2 Å². The summed E-state index contributed by atoms with van der Waals surface area (Å²) >= 11 is 9.52. The van der Waals surface area contributed by atoms with E-state index in [4.69, 9.17) is 11.6 Å². The standard InChI is InChI=1S/C15H21BrClN/c1-2-11-3-7-14(8-4-11)18-10-12-5-6-13(17)9-15(12)16/h5-6,9,11,14,18H,2-4,7-8,10H2,1H3. The highest BCUT2D eigenvalue weighted by Crippen LogP contribution is 2.27. The SMILES string of the molecule is CCC1CCC(NCc2ccc(Cl)cc2Br)CC1. The molecule has 0 spiro atoms. The molecule has 0 unspecified atom stereocenters. The average Bonchev–Trinajstić information content (AvgIpc) is 2.38. The highest BCUT2D eigenvalue weighted by atomic mass is 79.9. The molecule has 3 heteroatoms. The van der Waals surface area contributed by atoms with Gasteiger partial charge in [-0.15, -0.1) is 0 Å². The lowest BCUT2D eigenvalue weighted by atomic mass is 9.84. The van der Waals surface area contributed by atoms with Crippen LogP contribution in [0.5, 0.6) is 0 Å². The first-order valence-electron chi connectivity index (χ1n) is 6.86. The van der Waals surface area contributed by atoms with Crippen molar-refractivity contribution in [2.45, 2.75) is 51.6 Å². The predicted molar refractivity (Wildman–Crippen MR) is 82.0 cm³/mol. The summed E-state index contributed by atoms with van der Waals surface area (Å²) in [5.41, 5.74) is 1.29. The Bertz CT molecular complexity index is 386. The molecule has 1 nitrogen and oxygen atoms in total. The van der Waals surface area contributed by atoms with E-state index < -0.39 is 0 Å². The molecule has 0 aromatic heterocycles. The Labute approximate surface area is 123 Å². The second kappa shape index (κ2) is 6.93. The minimum absolute atomic E-state index is 0.690. The summed E-state index contributed by atoms with van der Waals surface area (Å²) in [6.45, 7) is 3.24. The van der Waals surface area contributed by atoms with E-state index in [1.54, 1.807) is 0 Å². The van der Waals surface area contributed by atoms with Crippen molar-refractivity contribution in [1.82, 2.24) is 5.32 Å². The van der Waals surface area contributed by atoms with Crippen molar-refractivity contribution in [3.63, 3.8) is 0 Å². The van der Waals surface area contributed by atoms with Gasteiger partial charge in [-0.1, -0.05) is 46.9 Å². The van der Waals surface area contributed by atoms with Crippen LogP contribution in [0.1, 0.15) is 44.6 Å². The topological polar surface area (TPSA) is 12.0 Å². The zero-order chi connectivity index (χ0) is 13.0. The number of hydrogen-bond donors (Lipinski definition) is 1. The molecule has 1 saturated carbocycles. The van der Waals surface area contributed by atoms with Gasteiger partial charge in [0.15, 0.2) is 0 Å². The van der Waals surface area contributed by atoms with Crippen molar-refractivity contribution in [1.29, 1.82) is 0 Å². The number of rotatable bonds is 4. The van der Waals surface area contributed by atoms with Crippen LogP contribution in [0.25, 0.3) is 0 Å². The third-order valence-electron chi connectivity index (χ3n) is 4.02. The molecule has 0 amide bonds. The van der Waals surface area contributed by atoms with Crippen molar-refractivity contribution < 1.29 is 0 Å². The Balaban J connectivity index is 1.81. The van der Waals surface area contributed by atoms with E-state index in [1.807, 2.05) is 12.1 Å². The normalized spacial score (nSPS) is 24.2. The minimum Gasteiger partial charge on any atom is -0.310 e. The molecule has 0 radical (unpaired) electrons. The average molecular weight is 331 g/mol. The van der Waals surface area contributed by atoms with Crippen LogP contribution in [0.4, 0.5) is 0 Å². The van der Waals surface area contributed by atoms with Crippen molar-refractivity contribution in [3.05, 3.63) is 33.3 Å². The highest BCUT2D eigenvalue weighted by Gasteiger charge is 2.19. The Morgan fingerprint density at radius 1 is 1.28 bits per heavy atom. The summed E-state index contributed by atoms with van der Waals surface area (Å²) in [4.78, 5) is 0. The van der Waals surface area contributed by atoms with E-state index in [9.17, 15) is 0 Å². The van der Waals surface area contributed by atoms with Gasteiger partial charge in [0.1, 0.15) is 0 Å². The Hall–Kier alpha value is -0.0500. The van der Waals surface area contributed by atoms with Gasteiger partial charge in [-0.25, -0.2) is 0 Å². The second-order valence-corrected chi connectivity index (χ2v) is 6.53. The number of benzene rings is 1. The van der Waals surface area contributed by atoms with E-state index in [1.165, 1.54) is 37.7 Å². The van der Waals surface area contributed by atoms with Gasteiger partial charge in [-0.05, 0) is 49.3 Å². The van der Waals surface area contributed by atoms with Gasteiger partial charge in [0.2, 0.25) is 0 Å². The third kappa shape index (κ3) is 3.97. The van der Waals surface area contributed by atoms with Crippen molar-refractivity contribution >= 4 is 27.5 Å². The predicted octanol–water partition coefficient (Wildman–Crippen LogP) is 5.16. The molecule has 0 saturated heterocycles. The van der Waals surface area contributed by atoms with Crippen LogP contribution in [0, 0.1) is 5.92 Å². The summed E-state index contributed by atoms with van der Waals surface area (Å²) in [5.74, 6) is 0.963. The molecule has 1 N–H and O–H groups in total. The number of hydrogen-bond acceptors (Lipinski definition) is 1. The fraction of sp³-hybridized carbons (Fsp3) is 0.600. The van der Waals surface area contributed by atoms with E-state index in [-0.39, 0.29) is 0 Å². The molecular weight excluding hydrogens is 310 g/mol. The number of halogens is 2.